The number of unbranched alkanes of at least 4 members (excludes halogenated alkanes) is 1. The molecule has 0 aliphatic carbocycles. The average molecular weight is 1300 g/mol. The maximum Gasteiger partial charge on any atom is 0.320 e. The molecule has 33 heteroatoms. The van der Waals surface area contributed by atoms with Gasteiger partial charge in [0.05, 0.1) is 13.1 Å². The normalized spacial score (nSPS) is 21.6. The first kappa shape index (κ1) is 80.1. The number of carbonyl (C=O) groups excluding carboxylic acids is 13. The standard InChI is InChI=1S/C59H102N18O15/c1-32(2)12-10-11-15-45(78)68-37(16-22-60)54(85)77-49(35(6)92-47(80)31-66)59(90)73-40(19-25-63)51(82)72-42-21-27-67-58(89)48(34(5)91-46(79)30-65)76-55(86)41(20-26-64)70-50(81)38(17-23-61)71-56(87)43(28-33(3)4)74-57(88)44(29-36-13-8-7-9-14-36)75-52(83)39(18-24-62)69-53(42)84/h7-9,13-14,32-35,37-44,48-49H,10-12,15-31,60-66H2,1-6H3,(H,67,89)(H,68,78)(H,69,84)(H,70,81)(H,71,87)(H,72,82)(H,73,90)(H,74,88)(H,75,83)(H,76,86)(H,77,85)/t34-,35-,37+,38+,39+,40+,41+,42+,43+,44-,48+,49+/m1/s1. The summed E-state index contributed by atoms with van der Waals surface area (Å²) in [4.78, 5) is 182. The zero-order valence-electron chi connectivity index (χ0n) is 53.8. The number of rotatable bonds is 32. The van der Waals surface area contributed by atoms with Crippen molar-refractivity contribution in [1.29, 1.82) is 0 Å². The summed E-state index contributed by atoms with van der Waals surface area (Å²) in [5, 5.41) is 28.2. The van der Waals surface area contributed by atoms with E-state index in [1.807, 2.05) is 13.8 Å². The zero-order chi connectivity index (χ0) is 69.0. The number of hydrogen-bond donors (Lipinski definition) is 18. The molecule has 0 bridgehead atoms. The molecule has 92 heavy (non-hydrogen) atoms. The van der Waals surface area contributed by atoms with Crippen molar-refractivity contribution in [3.63, 3.8) is 0 Å². The molecule has 0 saturated carbocycles. The molecule has 1 aliphatic heterocycles. The van der Waals surface area contributed by atoms with Crippen molar-refractivity contribution < 1.29 is 71.8 Å². The van der Waals surface area contributed by atoms with Crippen LogP contribution in [-0.4, -0.2) is 202 Å². The molecule has 11 amide bonds. The van der Waals surface area contributed by atoms with Crippen LogP contribution in [0.4, 0.5) is 0 Å². The molecule has 0 radical (unpaired) electrons. The van der Waals surface area contributed by atoms with E-state index in [2.05, 4.69) is 58.5 Å². The van der Waals surface area contributed by atoms with Gasteiger partial charge in [-0.2, -0.15) is 0 Å². The van der Waals surface area contributed by atoms with E-state index in [-0.39, 0.29) is 90.0 Å². The zero-order valence-corrected chi connectivity index (χ0v) is 53.8. The molecule has 1 heterocycles. The summed E-state index contributed by atoms with van der Waals surface area (Å²) in [5.41, 5.74) is 41.2. The van der Waals surface area contributed by atoms with Gasteiger partial charge in [0.2, 0.25) is 65.0 Å². The maximum atomic E-state index is 14.8. The second-order valence-electron chi connectivity index (χ2n) is 23.2. The van der Waals surface area contributed by atoms with E-state index in [0.29, 0.717) is 17.9 Å². The molecular formula is C59H102N18O15. The average Bonchev–Trinajstić information content (AvgIpc) is 2.30. The highest BCUT2D eigenvalue weighted by atomic mass is 16.5. The number of nitrogens with one attached hydrogen (secondary N) is 11. The van der Waals surface area contributed by atoms with Crippen molar-refractivity contribution in [1.82, 2.24) is 58.5 Å². The molecular weight excluding hydrogens is 1200 g/mol. The summed E-state index contributed by atoms with van der Waals surface area (Å²) in [6.07, 6.45) is -2.45. The number of carbonyl (C=O) groups is 13. The van der Waals surface area contributed by atoms with Crippen molar-refractivity contribution in [2.45, 2.75) is 191 Å². The van der Waals surface area contributed by atoms with Crippen molar-refractivity contribution in [2.24, 2.45) is 52.0 Å². The van der Waals surface area contributed by atoms with Crippen LogP contribution in [-0.2, 0) is 78.2 Å². The number of amides is 11. The molecule has 0 aromatic heterocycles. The maximum absolute atomic E-state index is 14.8. The predicted octanol–water partition coefficient (Wildman–Crippen LogP) is -6.62. The summed E-state index contributed by atoms with van der Waals surface area (Å²) in [7, 11) is 0. The van der Waals surface area contributed by atoms with E-state index in [0.717, 1.165) is 12.8 Å². The highest BCUT2D eigenvalue weighted by Gasteiger charge is 2.39. The van der Waals surface area contributed by atoms with Crippen LogP contribution >= 0.6 is 0 Å². The molecule has 0 spiro atoms. The summed E-state index contributed by atoms with van der Waals surface area (Å²) in [6, 6.07) is -6.96. The Hall–Kier alpha value is -7.95. The minimum Gasteiger partial charge on any atom is -0.459 e. The van der Waals surface area contributed by atoms with Gasteiger partial charge < -0.3 is 108 Å². The minimum absolute atomic E-state index is 0.0138. The van der Waals surface area contributed by atoms with Crippen molar-refractivity contribution >= 4 is 76.9 Å². The molecule has 1 aliphatic rings. The summed E-state index contributed by atoms with van der Waals surface area (Å²) in [6.45, 7) is 7.39. The second-order valence-corrected chi connectivity index (χ2v) is 23.2. The van der Waals surface area contributed by atoms with Gasteiger partial charge in [-0.25, -0.2) is 0 Å². The Balaban J connectivity index is 2.84. The number of nitrogens with two attached hydrogens (primary N) is 7. The monoisotopic (exact) mass is 1300 g/mol. The van der Waals surface area contributed by atoms with Crippen LogP contribution in [0.1, 0.15) is 118 Å². The van der Waals surface area contributed by atoms with Crippen LogP contribution in [0.25, 0.3) is 0 Å². The lowest BCUT2D eigenvalue weighted by Crippen LogP contribution is -2.62. The summed E-state index contributed by atoms with van der Waals surface area (Å²) in [5.74, 6) is -12.1. The Labute approximate surface area is 537 Å². The van der Waals surface area contributed by atoms with Crippen molar-refractivity contribution in [3.8, 4) is 0 Å². The molecule has 25 N–H and O–H groups in total. The quantitative estimate of drug-likeness (QED) is 0.0236. The number of benzene rings is 1. The first-order chi connectivity index (χ1) is 43.7. The van der Waals surface area contributed by atoms with E-state index in [9.17, 15) is 62.3 Å². The van der Waals surface area contributed by atoms with Crippen LogP contribution in [0.3, 0.4) is 0 Å². The Morgan fingerprint density at radius 1 is 0.511 bits per heavy atom. The van der Waals surface area contributed by atoms with Gasteiger partial charge in [-0.1, -0.05) is 70.9 Å². The van der Waals surface area contributed by atoms with Crippen LogP contribution in [0.5, 0.6) is 0 Å². The number of esters is 2. The van der Waals surface area contributed by atoms with Gasteiger partial charge in [0.15, 0.2) is 0 Å². The fraction of sp³-hybridized carbons (Fsp3) is 0.678. The molecule has 0 unspecified atom stereocenters. The SMILES string of the molecule is CC(C)CCCCC(=O)N[C@@H](CCN)C(=O)N[C@H](C(=O)N[C@@H](CCN)C(=O)N[C@H]1CCNC(=O)[C@H]([C@@H](C)OC(=O)CN)NC(=O)[C@H](CCN)NC(=O)[C@H](CCN)NC(=O)[C@H](CC(C)C)NC(=O)[C@@H](Cc2ccccc2)NC(=O)[C@H](CCN)NC1=O)[C@@H](C)OC(=O)CN. The largest absolute Gasteiger partial charge is 0.459 e. The molecule has 2 rings (SSSR count). The lowest BCUT2D eigenvalue weighted by molar-refractivity contribution is -0.152. The summed E-state index contributed by atoms with van der Waals surface area (Å²) >= 11 is 0. The smallest absolute Gasteiger partial charge is 0.320 e. The molecule has 1 fully saturated rings. The van der Waals surface area contributed by atoms with Crippen LogP contribution < -0.4 is 98.6 Å². The lowest BCUT2D eigenvalue weighted by Gasteiger charge is -2.29. The van der Waals surface area contributed by atoms with E-state index in [1.165, 1.54) is 13.8 Å². The van der Waals surface area contributed by atoms with E-state index < -0.39 is 176 Å². The van der Waals surface area contributed by atoms with Crippen LogP contribution in [0.2, 0.25) is 0 Å². The minimum atomic E-state index is -1.77. The Kier molecular flexibility index (Phi) is 37.4. The van der Waals surface area contributed by atoms with Gasteiger partial charge in [0.1, 0.15) is 72.6 Å². The van der Waals surface area contributed by atoms with Crippen molar-refractivity contribution in [2.75, 3.05) is 52.4 Å². The molecule has 1 saturated heterocycles. The van der Waals surface area contributed by atoms with Gasteiger partial charge in [-0.05, 0) is 115 Å². The third-order valence-corrected chi connectivity index (χ3v) is 14.6. The summed E-state index contributed by atoms with van der Waals surface area (Å²) < 4.78 is 10.7. The molecule has 33 nitrogen and oxygen atoms in total. The van der Waals surface area contributed by atoms with Crippen LogP contribution in [0, 0.1) is 11.8 Å². The Morgan fingerprint density at radius 3 is 1.52 bits per heavy atom. The molecule has 1 aromatic rings. The second kappa shape index (κ2) is 43.0. The van der Waals surface area contributed by atoms with E-state index >= 15 is 0 Å². The number of hydrogen-bond acceptors (Lipinski definition) is 22. The van der Waals surface area contributed by atoms with Gasteiger partial charge in [-0.3, -0.25) is 62.3 Å². The molecule has 1 aromatic carbocycles. The molecule has 518 valence electrons. The first-order valence-electron chi connectivity index (χ1n) is 31.3. The topological polar surface area (TPSA) is 555 Å². The first-order valence-corrected chi connectivity index (χ1v) is 31.3. The Bertz CT molecular complexity index is 2590. The third kappa shape index (κ3) is 29.1. The van der Waals surface area contributed by atoms with Gasteiger partial charge in [0.25, 0.3) is 0 Å². The van der Waals surface area contributed by atoms with Gasteiger partial charge in [0, 0.05) is 19.4 Å². The van der Waals surface area contributed by atoms with E-state index in [1.54, 1.807) is 44.2 Å². The van der Waals surface area contributed by atoms with Gasteiger partial charge in [-0.15, -0.1) is 0 Å². The highest BCUT2D eigenvalue weighted by molar-refractivity contribution is 5.99. The predicted molar refractivity (Wildman–Crippen MR) is 337 cm³/mol. The fourth-order valence-electron chi connectivity index (χ4n) is 9.60. The fourth-order valence-corrected chi connectivity index (χ4v) is 9.60. The van der Waals surface area contributed by atoms with Crippen molar-refractivity contribution in [3.05, 3.63) is 35.9 Å². The lowest BCUT2D eigenvalue weighted by atomic mass is 10.00. The van der Waals surface area contributed by atoms with E-state index in [4.69, 9.17) is 49.6 Å². The third-order valence-electron chi connectivity index (χ3n) is 14.6. The van der Waals surface area contributed by atoms with Crippen LogP contribution in [0.15, 0.2) is 30.3 Å². The Morgan fingerprint density at radius 2 is 1.00 bits per heavy atom. The highest BCUT2D eigenvalue weighted by Crippen LogP contribution is 2.13. The molecule has 12 atom stereocenters. The van der Waals surface area contributed by atoms with Gasteiger partial charge >= 0.3 is 11.9 Å². The number of ether oxygens (including phenoxy) is 2.